The molecule has 0 spiro atoms. The summed E-state index contributed by atoms with van der Waals surface area (Å²) in [6, 6.07) is 0. The Morgan fingerprint density at radius 3 is 0.773 bits per heavy atom. The fourth-order valence-electron chi connectivity index (χ4n) is 10.4. The molecular weight excluding hydrogens is 1160 g/mol. The monoisotopic (exact) mass is 1300 g/mol. The maximum absolute atomic E-state index is 13.0. The van der Waals surface area contributed by atoms with Crippen LogP contribution in [0.5, 0.6) is 0 Å². The van der Waals surface area contributed by atoms with Gasteiger partial charge < -0.3 is 33.8 Å². The van der Waals surface area contributed by atoms with Gasteiger partial charge in [0.1, 0.15) is 19.3 Å². The van der Waals surface area contributed by atoms with Crippen molar-refractivity contribution in [1.82, 2.24) is 0 Å². The molecule has 0 aromatic heterocycles. The van der Waals surface area contributed by atoms with E-state index in [0.717, 1.165) is 102 Å². The Morgan fingerprint density at radius 1 is 0.307 bits per heavy atom. The van der Waals surface area contributed by atoms with E-state index in [1.807, 2.05) is 0 Å². The summed E-state index contributed by atoms with van der Waals surface area (Å²) in [6.45, 7) is 11.7. The molecule has 0 aliphatic rings. The fraction of sp³-hybridized carbons (Fsp3) is 0.942. The molecule has 0 rings (SSSR count). The van der Waals surface area contributed by atoms with E-state index < -0.39 is 97.5 Å². The highest BCUT2D eigenvalue weighted by molar-refractivity contribution is 7.47. The van der Waals surface area contributed by atoms with Gasteiger partial charge in [0.25, 0.3) is 0 Å². The van der Waals surface area contributed by atoms with E-state index in [1.54, 1.807) is 0 Å². The van der Waals surface area contributed by atoms with Gasteiger partial charge in [-0.3, -0.25) is 37.3 Å². The number of aliphatic hydroxyl groups is 1. The Kier molecular flexibility index (Phi) is 58.7. The number of phosphoric acid groups is 2. The molecule has 0 amide bonds. The van der Waals surface area contributed by atoms with E-state index >= 15 is 0 Å². The Morgan fingerprint density at radius 2 is 0.523 bits per heavy atom. The van der Waals surface area contributed by atoms with Crippen LogP contribution in [-0.2, 0) is 65.4 Å². The summed E-state index contributed by atoms with van der Waals surface area (Å²) < 4.78 is 68.2. The van der Waals surface area contributed by atoms with E-state index in [4.69, 9.17) is 37.0 Å². The molecule has 0 aromatic rings. The topological polar surface area (TPSA) is 237 Å². The van der Waals surface area contributed by atoms with Crippen LogP contribution in [0.2, 0.25) is 0 Å². The molecule has 0 saturated heterocycles. The summed E-state index contributed by atoms with van der Waals surface area (Å²) in [4.78, 5) is 72.4. The van der Waals surface area contributed by atoms with Crippen molar-refractivity contribution in [1.29, 1.82) is 0 Å². The second kappa shape index (κ2) is 60.0. The second-order valence-electron chi connectivity index (χ2n) is 26.3. The van der Waals surface area contributed by atoms with E-state index in [9.17, 15) is 43.2 Å². The third-order valence-electron chi connectivity index (χ3n) is 15.9. The molecule has 522 valence electrons. The lowest BCUT2D eigenvalue weighted by Crippen LogP contribution is -2.30. The molecule has 0 aromatic carbocycles. The molecule has 0 aliphatic heterocycles. The minimum absolute atomic E-state index is 0.103. The number of phosphoric ester groups is 2. The van der Waals surface area contributed by atoms with E-state index in [1.165, 1.54) is 148 Å². The Bertz CT molecular complexity index is 1730. The van der Waals surface area contributed by atoms with E-state index in [0.29, 0.717) is 37.5 Å². The number of carbonyl (C=O) groups excluding carboxylic acids is 4. The Hall–Kier alpha value is -1.94. The van der Waals surface area contributed by atoms with Crippen molar-refractivity contribution in [3.63, 3.8) is 0 Å². The summed E-state index contributed by atoms with van der Waals surface area (Å²) in [5, 5.41) is 10.6. The number of hydrogen-bond acceptors (Lipinski definition) is 15. The number of aliphatic hydroxyl groups excluding tert-OH is 1. The molecule has 0 heterocycles. The molecule has 0 aliphatic carbocycles. The van der Waals surface area contributed by atoms with Crippen LogP contribution in [0.25, 0.3) is 0 Å². The number of hydrogen-bond donors (Lipinski definition) is 3. The highest BCUT2D eigenvalue weighted by Gasteiger charge is 2.30. The normalized spacial score (nSPS) is 14.2. The zero-order chi connectivity index (χ0) is 65.2. The largest absolute Gasteiger partial charge is 0.472 e. The zero-order valence-corrected chi connectivity index (χ0v) is 59.0. The third kappa shape index (κ3) is 62.8. The first-order valence-corrected chi connectivity index (χ1v) is 38.8. The predicted molar refractivity (Wildman–Crippen MR) is 354 cm³/mol. The van der Waals surface area contributed by atoms with Crippen molar-refractivity contribution in [2.24, 2.45) is 17.8 Å². The molecule has 0 fully saturated rings. The maximum Gasteiger partial charge on any atom is 0.472 e. The molecule has 0 radical (unpaired) electrons. The van der Waals surface area contributed by atoms with Gasteiger partial charge in [0, 0.05) is 25.7 Å². The van der Waals surface area contributed by atoms with Gasteiger partial charge >= 0.3 is 39.5 Å². The van der Waals surface area contributed by atoms with Crippen molar-refractivity contribution in [2.75, 3.05) is 39.6 Å². The molecule has 3 N–H and O–H groups in total. The van der Waals surface area contributed by atoms with Gasteiger partial charge in [-0.1, -0.05) is 292 Å². The number of rotatable bonds is 67. The van der Waals surface area contributed by atoms with Crippen LogP contribution >= 0.6 is 15.6 Å². The van der Waals surface area contributed by atoms with Crippen LogP contribution < -0.4 is 0 Å². The number of esters is 4. The molecule has 17 nitrogen and oxygen atoms in total. The molecule has 0 saturated carbocycles. The molecule has 5 atom stereocenters. The lowest BCUT2D eigenvalue weighted by molar-refractivity contribution is -0.161. The zero-order valence-electron chi connectivity index (χ0n) is 57.2. The van der Waals surface area contributed by atoms with Crippen molar-refractivity contribution in [3.8, 4) is 0 Å². The maximum atomic E-state index is 13.0. The van der Waals surface area contributed by atoms with Gasteiger partial charge in [-0.2, -0.15) is 0 Å². The highest BCUT2D eigenvalue weighted by Crippen LogP contribution is 2.45. The molecule has 19 heteroatoms. The van der Waals surface area contributed by atoms with Crippen LogP contribution in [-0.4, -0.2) is 96.7 Å². The van der Waals surface area contributed by atoms with Gasteiger partial charge in [-0.15, -0.1) is 0 Å². The third-order valence-corrected chi connectivity index (χ3v) is 17.8. The minimum atomic E-state index is -4.95. The van der Waals surface area contributed by atoms with Crippen molar-refractivity contribution < 1.29 is 80.2 Å². The average Bonchev–Trinajstić information content (AvgIpc) is 3.58. The number of ether oxygens (including phenoxy) is 4. The van der Waals surface area contributed by atoms with Crippen LogP contribution in [0.3, 0.4) is 0 Å². The molecule has 88 heavy (non-hydrogen) atoms. The standard InChI is InChI=1S/C69H134O17P2/c1-8-9-10-11-12-13-22-29-36-43-50-66(71)79-56-65(86-69(74)53-46-39-32-25-28-35-42-49-62(6)7)59-84-88(77,78)82-55-63(70)54-81-87(75,76)83-58-64(57-80-67(72)51-44-37-31-24-27-34-41-48-61(4)5)85-68(73)52-45-38-30-23-20-18-16-14-15-17-19-21-26-33-40-47-60(2)3/h60-65,70H,8-59H2,1-7H3,(H,75,76)(H,77,78)/t63-,64-,65-/m1/s1. The molecular formula is C69H134O17P2. The highest BCUT2D eigenvalue weighted by atomic mass is 31.2. The fourth-order valence-corrected chi connectivity index (χ4v) is 11.9. The quantitative estimate of drug-likeness (QED) is 0.0222. The van der Waals surface area contributed by atoms with Gasteiger partial charge in [0.2, 0.25) is 0 Å². The number of unbranched alkanes of at least 4 members (excludes halogenated alkanes) is 35. The van der Waals surface area contributed by atoms with Crippen molar-refractivity contribution in [3.05, 3.63) is 0 Å². The summed E-state index contributed by atoms with van der Waals surface area (Å²) in [7, 11) is -9.90. The number of carbonyl (C=O) groups is 4. The van der Waals surface area contributed by atoms with E-state index in [2.05, 4.69) is 48.5 Å². The lowest BCUT2D eigenvalue weighted by atomic mass is 10.0. The second-order valence-corrected chi connectivity index (χ2v) is 29.3. The average molecular weight is 1300 g/mol. The van der Waals surface area contributed by atoms with Crippen LogP contribution in [0.4, 0.5) is 0 Å². The smallest absolute Gasteiger partial charge is 0.462 e. The summed E-state index contributed by atoms with van der Waals surface area (Å²) in [5.41, 5.74) is 0. The Balaban J connectivity index is 5.20. The van der Waals surface area contributed by atoms with Crippen molar-refractivity contribution >= 4 is 39.5 Å². The first kappa shape index (κ1) is 86.1. The first-order valence-electron chi connectivity index (χ1n) is 35.8. The van der Waals surface area contributed by atoms with Crippen LogP contribution in [0.1, 0.15) is 344 Å². The lowest BCUT2D eigenvalue weighted by Gasteiger charge is -2.21. The van der Waals surface area contributed by atoms with E-state index in [-0.39, 0.29) is 25.7 Å². The summed E-state index contributed by atoms with van der Waals surface area (Å²) in [6.07, 6.45) is 43.3. The first-order chi connectivity index (χ1) is 42.2. The van der Waals surface area contributed by atoms with Crippen LogP contribution in [0, 0.1) is 17.8 Å². The van der Waals surface area contributed by atoms with Gasteiger partial charge in [0.15, 0.2) is 12.2 Å². The summed E-state index contributed by atoms with van der Waals surface area (Å²) >= 11 is 0. The summed E-state index contributed by atoms with van der Waals surface area (Å²) in [5.74, 6) is 0.0722. The minimum Gasteiger partial charge on any atom is -0.462 e. The Labute approximate surface area is 537 Å². The molecule has 0 bridgehead atoms. The van der Waals surface area contributed by atoms with Crippen LogP contribution in [0.15, 0.2) is 0 Å². The molecule has 2 unspecified atom stereocenters. The van der Waals surface area contributed by atoms with Gasteiger partial charge in [0.05, 0.1) is 26.4 Å². The van der Waals surface area contributed by atoms with Gasteiger partial charge in [-0.05, 0) is 43.4 Å². The van der Waals surface area contributed by atoms with Crippen molar-refractivity contribution in [2.45, 2.75) is 362 Å². The SMILES string of the molecule is CCCCCCCCCCCCC(=O)OC[C@H](COP(=O)(O)OC[C@H](O)COP(=O)(O)OC[C@@H](COC(=O)CCCCCCCCCC(C)C)OC(=O)CCCCCCCCCCCCCCCCCC(C)C)OC(=O)CCCCCCCCCC(C)C. The predicted octanol–water partition coefficient (Wildman–Crippen LogP) is 19.5. The van der Waals surface area contributed by atoms with Gasteiger partial charge in [-0.25, -0.2) is 9.13 Å².